The fraction of sp³-hybridized carbons (Fsp3) is 0.304. The minimum atomic E-state index is -1.58. The molecule has 0 aliphatic heterocycles. The van der Waals surface area contributed by atoms with Gasteiger partial charge in [-0.2, -0.15) is 0 Å². The Kier molecular flexibility index (Phi) is 7.58. The molecule has 1 aliphatic carbocycles. The summed E-state index contributed by atoms with van der Waals surface area (Å²) in [5.74, 6) is -1.99. The van der Waals surface area contributed by atoms with Gasteiger partial charge in [0.1, 0.15) is 0 Å². The second-order valence-electron chi connectivity index (χ2n) is 6.79. The van der Waals surface area contributed by atoms with Crippen LogP contribution in [0, 0.1) is 5.41 Å². The fourth-order valence-corrected chi connectivity index (χ4v) is 3.80. The van der Waals surface area contributed by atoms with E-state index < -0.39 is 17.4 Å². The first-order valence-corrected chi connectivity index (χ1v) is 10.1. The van der Waals surface area contributed by atoms with Gasteiger partial charge in [-0.1, -0.05) is 84.4 Å². The molecule has 4 nitrogen and oxygen atoms in total. The lowest BCUT2D eigenvalue weighted by Gasteiger charge is -2.20. The van der Waals surface area contributed by atoms with Crippen molar-refractivity contribution < 1.29 is 19.8 Å². The first-order chi connectivity index (χ1) is 13.4. The lowest BCUT2D eigenvalue weighted by molar-refractivity contribution is -0.165. The third-order valence-electron chi connectivity index (χ3n) is 5.33. The van der Waals surface area contributed by atoms with Crippen LogP contribution in [-0.2, 0) is 16.0 Å². The summed E-state index contributed by atoms with van der Waals surface area (Å²) in [5.41, 5.74) is 2.60. The van der Waals surface area contributed by atoms with Crippen molar-refractivity contribution in [2.24, 2.45) is 5.41 Å². The van der Waals surface area contributed by atoms with E-state index in [4.69, 9.17) is 10.2 Å². The second-order valence-corrected chi connectivity index (χ2v) is 7.64. The van der Waals surface area contributed by atoms with Gasteiger partial charge >= 0.3 is 11.9 Å². The van der Waals surface area contributed by atoms with Crippen molar-refractivity contribution in [3.63, 3.8) is 0 Å². The Hall–Kier alpha value is -2.40. The smallest absolute Gasteiger partial charge is 0.321 e. The van der Waals surface area contributed by atoms with Crippen molar-refractivity contribution in [3.8, 4) is 0 Å². The van der Waals surface area contributed by atoms with Crippen molar-refractivity contribution >= 4 is 33.9 Å². The maximum Gasteiger partial charge on any atom is 0.321 e. The zero-order valence-electron chi connectivity index (χ0n) is 16.1. The van der Waals surface area contributed by atoms with Crippen LogP contribution in [0.15, 0.2) is 59.1 Å². The number of hydrogen-bond donors (Lipinski definition) is 2. The average Bonchev–Trinajstić information content (AvgIpc) is 3.08. The van der Waals surface area contributed by atoms with Gasteiger partial charge in [0.2, 0.25) is 0 Å². The highest BCUT2D eigenvalue weighted by Crippen LogP contribution is 2.33. The lowest BCUT2D eigenvalue weighted by atomic mass is 9.83. The topological polar surface area (TPSA) is 74.6 Å². The molecule has 28 heavy (non-hydrogen) atoms. The predicted molar refractivity (Wildman–Crippen MR) is 114 cm³/mol. The van der Waals surface area contributed by atoms with Gasteiger partial charge < -0.3 is 10.2 Å². The van der Waals surface area contributed by atoms with Crippen LogP contribution in [0.25, 0.3) is 6.08 Å². The van der Waals surface area contributed by atoms with Gasteiger partial charge in [-0.15, -0.1) is 0 Å². The number of allylic oxidation sites excluding steroid dienone is 1. The summed E-state index contributed by atoms with van der Waals surface area (Å²) in [5, 5.41) is 17.2. The molecule has 0 heterocycles. The van der Waals surface area contributed by atoms with Crippen molar-refractivity contribution in [1.82, 2.24) is 0 Å². The standard InChI is InChI=1S/C16H13Br.C7H12O4/c17-16-8-4-2-6-14(16)11-13-10-9-12-5-1-3-7-15(12)13;1-3-7(4-2,5(8)9)6(10)11/h1-10,13H,11H2;3-4H2,1-2H3,(H,8,9)(H,10,11). The SMILES string of the molecule is Brc1ccccc1CC1C=Cc2ccccc21.CCC(CC)(C(=O)O)C(=O)O. The molecule has 2 aromatic rings. The average molecular weight is 445 g/mol. The van der Waals surface area contributed by atoms with Gasteiger partial charge in [-0.3, -0.25) is 9.59 Å². The van der Waals surface area contributed by atoms with Crippen LogP contribution in [0.4, 0.5) is 0 Å². The second kappa shape index (κ2) is 9.69. The summed E-state index contributed by atoms with van der Waals surface area (Å²) >= 11 is 3.62. The van der Waals surface area contributed by atoms with Crippen molar-refractivity contribution in [1.29, 1.82) is 0 Å². The Balaban J connectivity index is 0.000000224. The van der Waals surface area contributed by atoms with Gasteiger partial charge in [0.05, 0.1) is 0 Å². The van der Waals surface area contributed by atoms with Gasteiger partial charge in [0.25, 0.3) is 0 Å². The van der Waals surface area contributed by atoms with Gasteiger partial charge in [0.15, 0.2) is 5.41 Å². The highest BCUT2D eigenvalue weighted by Gasteiger charge is 2.42. The number of aliphatic carboxylic acids is 2. The van der Waals surface area contributed by atoms with Crippen LogP contribution in [0.1, 0.15) is 49.3 Å². The maximum absolute atomic E-state index is 10.5. The molecule has 5 heteroatoms. The Morgan fingerprint density at radius 2 is 1.54 bits per heavy atom. The summed E-state index contributed by atoms with van der Waals surface area (Å²) in [4.78, 5) is 21.1. The molecule has 3 rings (SSSR count). The molecule has 1 atom stereocenters. The third kappa shape index (κ3) is 4.71. The first-order valence-electron chi connectivity index (χ1n) is 9.33. The number of fused-ring (bicyclic) bond motifs is 1. The van der Waals surface area contributed by atoms with Crippen LogP contribution in [0.2, 0.25) is 0 Å². The molecule has 148 valence electrons. The van der Waals surface area contributed by atoms with Crippen LogP contribution >= 0.6 is 15.9 Å². The van der Waals surface area contributed by atoms with E-state index in [2.05, 4.69) is 76.6 Å². The van der Waals surface area contributed by atoms with Gasteiger partial charge in [-0.05, 0) is 42.0 Å². The molecular formula is C23H25BrO4. The van der Waals surface area contributed by atoms with E-state index in [1.54, 1.807) is 13.8 Å². The van der Waals surface area contributed by atoms with Crippen LogP contribution < -0.4 is 0 Å². The summed E-state index contributed by atoms with van der Waals surface area (Å²) in [6, 6.07) is 17.1. The van der Waals surface area contributed by atoms with Crippen LogP contribution in [0.5, 0.6) is 0 Å². The highest BCUT2D eigenvalue weighted by atomic mass is 79.9. The maximum atomic E-state index is 10.5. The fourth-order valence-electron chi connectivity index (χ4n) is 3.35. The predicted octanol–water partition coefficient (Wildman–Crippen LogP) is 5.76. The summed E-state index contributed by atoms with van der Waals surface area (Å²) < 4.78 is 1.21. The molecule has 0 fully saturated rings. The van der Waals surface area contributed by atoms with E-state index in [-0.39, 0.29) is 12.8 Å². The summed E-state index contributed by atoms with van der Waals surface area (Å²) in [6.07, 6.45) is 5.85. The highest BCUT2D eigenvalue weighted by molar-refractivity contribution is 9.10. The third-order valence-corrected chi connectivity index (χ3v) is 6.10. The molecule has 0 amide bonds. The number of carboxylic acids is 2. The normalized spacial score (nSPS) is 14.8. The molecule has 0 spiro atoms. The van der Waals surface area contributed by atoms with E-state index >= 15 is 0 Å². The molecule has 2 N–H and O–H groups in total. The van der Waals surface area contributed by atoms with Gasteiger partial charge in [-0.25, -0.2) is 0 Å². The summed E-state index contributed by atoms with van der Waals surface area (Å²) in [6.45, 7) is 3.12. The van der Waals surface area contributed by atoms with Crippen LogP contribution in [0.3, 0.4) is 0 Å². The van der Waals surface area contributed by atoms with Crippen molar-refractivity contribution in [3.05, 3.63) is 75.8 Å². The lowest BCUT2D eigenvalue weighted by Crippen LogP contribution is -2.38. The van der Waals surface area contributed by atoms with Gasteiger partial charge in [0, 0.05) is 10.4 Å². The largest absolute Gasteiger partial charge is 0.480 e. The quantitative estimate of drug-likeness (QED) is 0.554. The summed E-state index contributed by atoms with van der Waals surface area (Å²) in [7, 11) is 0. The number of rotatable bonds is 6. The van der Waals surface area contributed by atoms with E-state index in [1.807, 2.05) is 0 Å². The molecule has 0 bridgehead atoms. The molecule has 0 saturated heterocycles. The van der Waals surface area contributed by atoms with Crippen molar-refractivity contribution in [2.45, 2.75) is 39.0 Å². The van der Waals surface area contributed by atoms with E-state index in [9.17, 15) is 9.59 Å². The molecule has 0 radical (unpaired) electrons. The van der Waals surface area contributed by atoms with Crippen LogP contribution in [-0.4, -0.2) is 22.2 Å². The number of halogens is 1. The minimum absolute atomic E-state index is 0.119. The number of carbonyl (C=O) groups is 2. The Labute approximate surface area is 174 Å². The molecule has 0 saturated carbocycles. The molecule has 0 aromatic heterocycles. The zero-order chi connectivity index (χ0) is 20.7. The zero-order valence-corrected chi connectivity index (χ0v) is 17.6. The Bertz CT molecular complexity index is 852. The first kappa shape index (κ1) is 21.9. The Morgan fingerprint density at radius 3 is 2.07 bits per heavy atom. The Morgan fingerprint density at radius 1 is 0.964 bits per heavy atom. The number of hydrogen-bond acceptors (Lipinski definition) is 2. The minimum Gasteiger partial charge on any atom is -0.480 e. The van der Waals surface area contributed by atoms with Crippen molar-refractivity contribution in [2.75, 3.05) is 0 Å². The molecule has 2 aromatic carbocycles. The van der Waals surface area contributed by atoms with E-state index in [0.717, 1.165) is 6.42 Å². The molecular weight excluding hydrogens is 420 g/mol. The number of carboxylic acid groups (broad SMARTS) is 2. The number of benzene rings is 2. The molecule has 1 aliphatic rings. The molecule has 1 unspecified atom stereocenters. The van der Waals surface area contributed by atoms with E-state index in [0.29, 0.717) is 5.92 Å². The van der Waals surface area contributed by atoms with E-state index in [1.165, 1.54) is 21.2 Å². The monoisotopic (exact) mass is 444 g/mol.